The molecule has 0 saturated carbocycles. The van der Waals surface area contributed by atoms with Crippen molar-refractivity contribution in [3.05, 3.63) is 60.4 Å². The van der Waals surface area contributed by atoms with E-state index in [1.165, 1.54) is 0 Å². The minimum Gasteiger partial charge on any atom is -0.497 e. The van der Waals surface area contributed by atoms with Crippen LogP contribution in [0.3, 0.4) is 0 Å². The second-order valence-corrected chi connectivity index (χ2v) is 4.89. The maximum atomic E-state index is 5.76. The zero-order valence-electron chi connectivity index (χ0n) is 13.1. The first-order valence-corrected chi connectivity index (χ1v) is 7.32. The summed E-state index contributed by atoms with van der Waals surface area (Å²) in [5.74, 6) is 2.38. The van der Waals surface area contributed by atoms with Crippen molar-refractivity contribution in [3.8, 4) is 11.5 Å². The lowest BCUT2D eigenvalue weighted by molar-refractivity contribution is 0.296. The molecule has 0 spiro atoms. The fourth-order valence-corrected chi connectivity index (χ4v) is 2.05. The summed E-state index contributed by atoms with van der Waals surface area (Å²) in [5.41, 5.74) is 6.54. The number of anilines is 3. The van der Waals surface area contributed by atoms with Crippen LogP contribution in [-0.4, -0.2) is 22.1 Å². The topological polar surface area (TPSA) is 95.2 Å². The van der Waals surface area contributed by atoms with Crippen molar-refractivity contribution >= 4 is 17.6 Å². The number of para-hydroxylation sites is 1. The van der Waals surface area contributed by atoms with Crippen molar-refractivity contribution in [2.45, 2.75) is 6.61 Å². The van der Waals surface area contributed by atoms with Crippen LogP contribution in [0.2, 0.25) is 0 Å². The van der Waals surface area contributed by atoms with Crippen molar-refractivity contribution in [1.82, 2.24) is 15.0 Å². The second kappa shape index (κ2) is 7.28. The highest BCUT2D eigenvalue weighted by Gasteiger charge is 2.06. The predicted octanol–water partition coefficient (Wildman–Crippen LogP) is 2.79. The Morgan fingerprint density at radius 1 is 0.958 bits per heavy atom. The van der Waals surface area contributed by atoms with E-state index >= 15 is 0 Å². The van der Waals surface area contributed by atoms with Crippen LogP contribution < -0.4 is 20.5 Å². The Morgan fingerprint density at radius 3 is 2.54 bits per heavy atom. The van der Waals surface area contributed by atoms with E-state index in [4.69, 9.17) is 15.2 Å². The van der Waals surface area contributed by atoms with E-state index in [1.54, 1.807) is 7.11 Å². The Kier molecular flexibility index (Phi) is 4.71. The van der Waals surface area contributed by atoms with E-state index in [-0.39, 0.29) is 12.6 Å². The number of hydrogen-bond acceptors (Lipinski definition) is 7. The van der Waals surface area contributed by atoms with Crippen LogP contribution in [0, 0.1) is 0 Å². The van der Waals surface area contributed by atoms with Gasteiger partial charge < -0.3 is 20.5 Å². The van der Waals surface area contributed by atoms with Crippen molar-refractivity contribution < 1.29 is 9.47 Å². The summed E-state index contributed by atoms with van der Waals surface area (Å²) in [5, 5.41) is 3.08. The van der Waals surface area contributed by atoms with Crippen LogP contribution in [0.5, 0.6) is 11.5 Å². The Balaban J connectivity index is 1.73. The van der Waals surface area contributed by atoms with Gasteiger partial charge in [0.25, 0.3) is 0 Å². The SMILES string of the molecule is COc1cccc(Nc2nc(N)nc(COc3ccccc3)n2)c1. The predicted molar refractivity (Wildman–Crippen MR) is 91.3 cm³/mol. The summed E-state index contributed by atoms with van der Waals surface area (Å²) < 4.78 is 10.8. The first-order valence-electron chi connectivity index (χ1n) is 7.32. The van der Waals surface area contributed by atoms with E-state index in [0.29, 0.717) is 11.8 Å². The van der Waals surface area contributed by atoms with E-state index < -0.39 is 0 Å². The molecule has 0 radical (unpaired) electrons. The molecule has 7 nitrogen and oxygen atoms in total. The highest BCUT2D eigenvalue weighted by atomic mass is 16.5. The minimum absolute atomic E-state index is 0.127. The van der Waals surface area contributed by atoms with Crippen molar-refractivity contribution in [3.63, 3.8) is 0 Å². The number of ether oxygens (including phenoxy) is 2. The van der Waals surface area contributed by atoms with E-state index in [2.05, 4.69) is 20.3 Å². The average molecular weight is 323 g/mol. The number of benzene rings is 2. The number of nitrogens with one attached hydrogen (secondary N) is 1. The van der Waals surface area contributed by atoms with Crippen molar-refractivity contribution in [2.24, 2.45) is 0 Å². The van der Waals surface area contributed by atoms with E-state index in [0.717, 1.165) is 17.2 Å². The maximum Gasteiger partial charge on any atom is 0.232 e. The van der Waals surface area contributed by atoms with Gasteiger partial charge >= 0.3 is 0 Å². The highest BCUT2D eigenvalue weighted by molar-refractivity contribution is 5.56. The fraction of sp³-hybridized carbons (Fsp3) is 0.118. The fourth-order valence-electron chi connectivity index (χ4n) is 2.05. The summed E-state index contributed by atoms with van der Waals surface area (Å²) >= 11 is 0. The van der Waals surface area contributed by atoms with Crippen LogP contribution in [0.15, 0.2) is 54.6 Å². The zero-order valence-corrected chi connectivity index (χ0v) is 13.1. The Labute approximate surface area is 139 Å². The highest BCUT2D eigenvalue weighted by Crippen LogP contribution is 2.20. The number of nitrogen functional groups attached to an aromatic ring is 1. The van der Waals surface area contributed by atoms with Crippen LogP contribution in [0.1, 0.15) is 5.82 Å². The third kappa shape index (κ3) is 4.10. The molecule has 0 aliphatic heterocycles. The van der Waals surface area contributed by atoms with Gasteiger partial charge in [0.05, 0.1) is 7.11 Å². The molecule has 3 rings (SSSR count). The standard InChI is InChI=1S/C17H17N5O2/c1-23-14-9-5-6-12(10-14)19-17-21-15(20-16(18)22-17)11-24-13-7-3-2-4-8-13/h2-10H,11H2,1H3,(H3,18,19,20,21,22). The van der Waals surface area contributed by atoms with Crippen LogP contribution in [0.4, 0.5) is 17.6 Å². The normalized spacial score (nSPS) is 10.2. The van der Waals surface area contributed by atoms with Gasteiger partial charge in [0.1, 0.15) is 18.1 Å². The molecular formula is C17H17N5O2. The maximum absolute atomic E-state index is 5.76. The van der Waals surface area contributed by atoms with Gasteiger partial charge in [-0.05, 0) is 24.3 Å². The Morgan fingerprint density at radius 2 is 1.75 bits per heavy atom. The molecule has 2 aromatic carbocycles. The smallest absolute Gasteiger partial charge is 0.232 e. The molecule has 1 heterocycles. The first kappa shape index (κ1) is 15.5. The number of nitrogens with two attached hydrogens (primary N) is 1. The summed E-state index contributed by atoms with van der Waals surface area (Å²) in [4.78, 5) is 12.5. The lowest BCUT2D eigenvalue weighted by Gasteiger charge is -2.09. The van der Waals surface area contributed by atoms with Crippen molar-refractivity contribution in [2.75, 3.05) is 18.2 Å². The molecule has 0 bridgehead atoms. The zero-order chi connectivity index (χ0) is 16.8. The summed E-state index contributed by atoms with van der Waals surface area (Å²) in [6.45, 7) is 0.198. The molecule has 0 unspecified atom stereocenters. The molecule has 24 heavy (non-hydrogen) atoms. The lowest BCUT2D eigenvalue weighted by Crippen LogP contribution is -2.09. The lowest BCUT2D eigenvalue weighted by atomic mass is 10.3. The molecule has 0 saturated heterocycles. The summed E-state index contributed by atoms with van der Waals surface area (Å²) in [6.07, 6.45) is 0. The van der Waals surface area contributed by atoms with Gasteiger partial charge in [-0.25, -0.2) is 0 Å². The third-order valence-electron chi connectivity index (χ3n) is 3.14. The number of nitrogens with zero attached hydrogens (tertiary/aromatic N) is 3. The Bertz CT molecular complexity index is 811. The molecule has 7 heteroatoms. The second-order valence-electron chi connectivity index (χ2n) is 4.89. The molecule has 0 fully saturated rings. The van der Waals surface area contributed by atoms with E-state index in [9.17, 15) is 0 Å². The largest absolute Gasteiger partial charge is 0.497 e. The van der Waals surface area contributed by atoms with Gasteiger partial charge in [-0.2, -0.15) is 15.0 Å². The van der Waals surface area contributed by atoms with Crippen LogP contribution >= 0.6 is 0 Å². The molecule has 0 aliphatic carbocycles. The number of methoxy groups -OCH3 is 1. The summed E-state index contributed by atoms with van der Waals surface area (Å²) in [6, 6.07) is 16.9. The van der Waals surface area contributed by atoms with Gasteiger partial charge in [0.15, 0.2) is 5.82 Å². The Hall–Kier alpha value is -3.35. The molecule has 0 atom stereocenters. The van der Waals surface area contributed by atoms with Crippen LogP contribution in [-0.2, 0) is 6.61 Å². The molecule has 0 aliphatic rings. The van der Waals surface area contributed by atoms with Gasteiger partial charge in [0.2, 0.25) is 11.9 Å². The quantitative estimate of drug-likeness (QED) is 0.720. The molecular weight excluding hydrogens is 306 g/mol. The average Bonchev–Trinajstić information content (AvgIpc) is 2.60. The number of hydrogen-bond donors (Lipinski definition) is 2. The van der Waals surface area contributed by atoms with Crippen molar-refractivity contribution in [1.29, 1.82) is 0 Å². The summed E-state index contributed by atoms with van der Waals surface area (Å²) in [7, 11) is 1.61. The van der Waals surface area contributed by atoms with Gasteiger partial charge in [-0.3, -0.25) is 0 Å². The minimum atomic E-state index is 0.127. The molecule has 3 aromatic rings. The number of rotatable bonds is 6. The first-order chi connectivity index (χ1) is 11.7. The van der Waals surface area contributed by atoms with E-state index in [1.807, 2.05) is 54.6 Å². The molecule has 1 aromatic heterocycles. The van der Waals surface area contributed by atoms with Gasteiger partial charge in [-0.1, -0.05) is 24.3 Å². The molecule has 0 amide bonds. The van der Waals surface area contributed by atoms with Gasteiger partial charge in [0, 0.05) is 11.8 Å². The monoisotopic (exact) mass is 323 g/mol. The molecule has 3 N–H and O–H groups in total. The third-order valence-corrected chi connectivity index (χ3v) is 3.14. The molecule has 122 valence electrons. The van der Waals surface area contributed by atoms with Crippen LogP contribution in [0.25, 0.3) is 0 Å². The number of aromatic nitrogens is 3. The van der Waals surface area contributed by atoms with Gasteiger partial charge in [-0.15, -0.1) is 0 Å².